The van der Waals surface area contributed by atoms with Crippen LogP contribution in [0.15, 0.2) is 54.6 Å². The van der Waals surface area contributed by atoms with Crippen molar-refractivity contribution in [3.8, 4) is 5.75 Å². The van der Waals surface area contributed by atoms with Crippen LogP contribution in [0.1, 0.15) is 22.0 Å². The normalized spacial score (nSPS) is 10.9. The number of nitrogens with zero attached hydrogens (tertiary/aromatic N) is 3. The lowest BCUT2D eigenvalue weighted by molar-refractivity contribution is 0.0944. The molecule has 0 radical (unpaired) electrons. The van der Waals surface area contributed by atoms with Crippen LogP contribution in [0.25, 0.3) is 11.0 Å². The van der Waals surface area contributed by atoms with Gasteiger partial charge in [0.2, 0.25) is 0 Å². The Morgan fingerprint density at radius 3 is 2.82 bits per heavy atom. The first-order valence-corrected chi connectivity index (χ1v) is 8.72. The van der Waals surface area contributed by atoms with Gasteiger partial charge < -0.3 is 14.6 Å². The van der Waals surface area contributed by atoms with Gasteiger partial charge in [0.15, 0.2) is 11.6 Å². The van der Waals surface area contributed by atoms with Crippen LogP contribution < -0.4 is 10.1 Å². The minimum Gasteiger partial charge on any atom is -0.484 e. The maximum atomic E-state index is 13.6. The highest BCUT2D eigenvalue weighted by atomic mass is 19.1. The summed E-state index contributed by atoms with van der Waals surface area (Å²) in [4.78, 5) is 16.9. The van der Waals surface area contributed by atoms with E-state index in [1.54, 1.807) is 18.2 Å². The quantitative estimate of drug-likeness (QED) is 0.539. The zero-order valence-corrected chi connectivity index (χ0v) is 15.1. The molecule has 0 saturated heterocycles. The average Bonchev–Trinajstić information content (AvgIpc) is 3.31. The minimum atomic E-state index is -0.442. The minimum absolute atomic E-state index is 0.0754. The molecule has 2 aromatic heterocycles. The van der Waals surface area contributed by atoms with Crippen LogP contribution in [0.3, 0.4) is 0 Å². The molecule has 0 spiro atoms. The molecule has 8 heteroatoms. The molecular weight excluding hydrogens is 361 g/mol. The van der Waals surface area contributed by atoms with E-state index in [1.807, 2.05) is 35.9 Å². The summed E-state index contributed by atoms with van der Waals surface area (Å²) in [7, 11) is 1.91. The Morgan fingerprint density at radius 1 is 1.21 bits per heavy atom. The van der Waals surface area contributed by atoms with Crippen molar-refractivity contribution in [1.82, 2.24) is 25.1 Å². The Labute approximate surface area is 160 Å². The number of aromatic nitrogens is 4. The maximum Gasteiger partial charge on any atom is 0.272 e. The molecule has 1 amide bonds. The number of H-pyrrole nitrogens is 1. The molecule has 0 aliphatic carbocycles. The summed E-state index contributed by atoms with van der Waals surface area (Å²) in [6, 6.07) is 15.5. The number of amides is 1. The molecule has 7 nitrogen and oxygen atoms in total. The Balaban J connectivity index is 1.37. The molecule has 4 aromatic rings. The molecule has 28 heavy (non-hydrogen) atoms. The van der Waals surface area contributed by atoms with Crippen LogP contribution in [0.5, 0.6) is 5.75 Å². The molecule has 2 N–H and O–H groups in total. The number of fused-ring (bicyclic) bond motifs is 1. The molecule has 2 aromatic carbocycles. The summed E-state index contributed by atoms with van der Waals surface area (Å²) < 4.78 is 20.9. The topological polar surface area (TPSA) is 84.8 Å². The summed E-state index contributed by atoms with van der Waals surface area (Å²) in [5.41, 5.74) is 2.67. The van der Waals surface area contributed by atoms with E-state index in [0.29, 0.717) is 5.69 Å². The van der Waals surface area contributed by atoms with Gasteiger partial charge in [0.1, 0.15) is 18.1 Å². The molecular formula is C20H18FN5O2. The predicted octanol–water partition coefficient (Wildman–Crippen LogP) is 2.94. The number of aromatic amines is 1. The van der Waals surface area contributed by atoms with Crippen molar-refractivity contribution in [2.75, 3.05) is 0 Å². The van der Waals surface area contributed by atoms with E-state index in [1.165, 1.54) is 12.1 Å². The smallest absolute Gasteiger partial charge is 0.272 e. The van der Waals surface area contributed by atoms with Crippen molar-refractivity contribution >= 4 is 16.9 Å². The third-order valence-electron chi connectivity index (χ3n) is 4.37. The maximum absolute atomic E-state index is 13.6. The molecule has 0 aliphatic heterocycles. The highest BCUT2D eigenvalue weighted by molar-refractivity contribution is 5.92. The average molecular weight is 379 g/mol. The van der Waals surface area contributed by atoms with Crippen molar-refractivity contribution in [3.63, 3.8) is 0 Å². The van der Waals surface area contributed by atoms with Crippen LogP contribution in [-0.4, -0.2) is 25.7 Å². The van der Waals surface area contributed by atoms with Gasteiger partial charge in [0, 0.05) is 7.05 Å². The van der Waals surface area contributed by atoms with Crippen LogP contribution >= 0.6 is 0 Å². The van der Waals surface area contributed by atoms with Crippen LogP contribution in [-0.2, 0) is 20.2 Å². The first-order valence-electron chi connectivity index (χ1n) is 8.72. The van der Waals surface area contributed by atoms with E-state index >= 15 is 0 Å². The van der Waals surface area contributed by atoms with Gasteiger partial charge in [-0.05, 0) is 30.3 Å². The molecule has 0 atom stereocenters. The first kappa shape index (κ1) is 17.7. The van der Waals surface area contributed by atoms with E-state index in [4.69, 9.17) is 4.74 Å². The number of hydrogen-bond donors (Lipinski definition) is 2. The standard InChI is InChI=1S/C20H18FN5O2/c1-26-17-8-4-3-7-15(17)23-19(26)11-22-20(27)16-10-13(24-25-16)12-28-18-9-5-2-6-14(18)21/h2-10H,11-12H2,1H3,(H,22,27)(H,24,25). The summed E-state index contributed by atoms with van der Waals surface area (Å²) >= 11 is 0. The van der Waals surface area contributed by atoms with Crippen LogP contribution in [0.4, 0.5) is 4.39 Å². The van der Waals surface area contributed by atoms with E-state index in [-0.39, 0.29) is 30.5 Å². The summed E-state index contributed by atoms with van der Waals surface area (Å²) in [5, 5.41) is 9.53. The third-order valence-corrected chi connectivity index (χ3v) is 4.37. The number of carbonyl (C=O) groups excluding carboxylic acids is 1. The lowest BCUT2D eigenvalue weighted by Gasteiger charge is -2.05. The Bertz CT molecular complexity index is 1130. The van der Waals surface area contributed by atoms with Gasteiger partial charge in [-0.15, -0.1) is 0 Å². The second-order valence-electron chi connectivity index (χ2n) is 6.26. The van der Waals surface area contributed by atoms with E-state index < -0.39 is 5.82 Å². The molecule has 2 heterocycles. The van der Waals surface area contributed by atoms with Gasteiger partial charge in [0.05, 0.1) is 23.3 Å². The fourth-order valence-corrected chi connectivity index (χ4v) is 2.87. The van der Waals surface area contributed by atoms with Gasteiger partial charge in [-0.2, -0.15) is 5.10 Å². The predicted molar refractivity (Wildman–Crippen MR) is 101 cm³/mol. The van der Waals surface area contributed by atoms with E-state index in [2.05, 4.69) is 20.5 Å². The van der Waals surface area contributed by atoms with Gasteiger partial charge in [-0.3, -0.25) is 9.89 Å². The highest BCUT2D eigenvalue weighted by Crippen LogP contribution is 2.17. The number of imidazole rings is 1. The zero-order valence-electron chi connectivity index (χ0n) is 15.1. The third kappa shape index (κ3) is 3.57. The molecule has 0 saturated carbocycles. The van der Waals surface area contributed by atoms with Gasteiger partial charge in [0.25, 0.3) is 5.91 Å². The van der Waals surface area contributed by atoms with Crippen molar-refractivity contribution in [3.05, 3.63) is 77.6 Å². The summed E-state index contributed by atoms with van der Waals surface area (Å²) in [6.45, 7) is 0.351. The summed E-state index contributed by atoms with van der Waals surface area (Å²) in [6.07, 6.45) is 0. The number of rotatable bonds is 6. The van der Waals surface area contributed by atoms with Gasteiger partial charge in [-0.25, -0.2) is 9.37 Å². The number of hydrogen-bond acceptors (Lipinski definition) is 4. The highest BCUT2D eigenvalue weighted by Gasteiger charge is 2.13. The Hall–Kier alpha value is -3.68. The lowest BCUT2D eigenvalue weighted by Crippen LogP contribution is -2.24. The molecule has 142 valence electrons. The van der Waals surface area contributed by atoms with Crippen molar-refractivity contribution < 1.29 is 13.9 Å². The number of para-hydroxylation sites is 3. The van der Waals surface area contributed by atoms with Crippen molar-refractivity contribution in [2.45, 2.75) is 13.2 Å². The molecule has 0 unspecified atom stereocenters. The second kappa shape index (κ2) is 7.51. The van der Waals surface area contributed by atoms with E-state index in [9.17, 15) is 9.18 Å². The SMILES string of the molecule is Cn1c(CNC(=O)c2cc(COc3ccccc3F)[nH]n2)nc2ccccc21. The molecule has 4 rings (SSSR count). The molecule has 0 fully saturated rings. The van der Waals surface area contributed by atoms with Crippen molar-refractivity contribution in [1.29, 1.82) is 0 Å². The first-order chi connectivity index (χ1) is 13.6. The number of carbonyl (C=O) groups is 1. The fraction of sp³-hybridized carbons (Fsp3) is 0.150. The second-order valence-corrected chi connectivity index (χ2v) is 6.26. The largest absolute Gasteiger partial charge is 0.484 e. The van der Waals surface area contributed by atoms with Crippen LogP contribution in [0.2, 0.25) is 0 Å². The van der Waals surface area contributed by atoms with Gasteiger partial charge >= 0.3 is 0 Å². The summed E-state index contributed by atoms with van der Waals surface area (Å²) in [5.74, 6) is 0.112. The fourth-order valence-electron chi connectivity index (χ4n) is 2.87. The molecule has 0 bridgehead atoms. The molecule has 0 aliphatic rings. The number of benzene rings is 2. The Kier molecular flexibility index (Phi) is 4.76. The number of halogens is 1. The number of aryl methyl sites for hydroxylation is 1. The lowest BCUT2D eigenvalue weighted by atomic mass is 10.3. The van der Waals surface area contributed by atoms with Crippen molar-refractivity contribution in [2.24, 2.45) is 7.05 Å². The Morgan fingerprint density at radius 2 is 2.00 bits per heavy atom. The number of ether oxygens (including phenoxy) is 1. The van der Waals surface area contributed by atoms with Gasteiger partial charge in [-0.1, -0.05) is 24.3 Å². The van der Waals surface area contributed by atoms with E-state index in [0.717, 1.165) is 16.9 Å². The van der Waals surface area contributed by atoms with Crippen LogP contribution in [0, 0.1) is 5.82 Å². The number of nitrogens with one attached hydrogen (secondary N) is 2. The monoisotopic (exact) mass is 379 g/mol. The zero-order chi connectivity index (χ0) is 19.5.